The minimum absolute atomic E-state index is 0.0429. The molecule has 1 aliphatic rings. The van der Waals surface area contributed by atoms with Gasteiger partial charge in [-0.1, -0.05) is 39.0 Å². The Morgan fingerprint density at radius 2 is 1.90 bits per heavy atom. The number of nitrogens with one attached hydrogen (secondary N) is 1. The van der Waals surface area contributed by atoms with Crippen LogP contribution in [-0.2, 0) is 14.4 Å². The lowest BCUT2D eigenvalue weighted by molar-refractivity contribution is -0.128. The fourth-order valence-electron chi connectivity index (χ4n) is 2.89. The largest absolute Gasteiger partial charge is 0.346 e. The van der Waals surface area contributed by atoms with Crippen LogP contribution in [0.3, 0.4) is 0 Å². The summed E-state index contributed by atoms with van der Waals surface area (Å²) in [5.74, 6) is 0.576. The zero-order valence-corrected chi connectivity index (χ0v) is 12.7. The van der Waals surface area contributed by atoms with Gasteiger partial charge in [-0.05, 0) is 25.7 Å². The SMILES string of the molecule is CC(=O)CC[C@@H](C=O)NC(=O)[C@@H](C)CC1CCCCC1. The molecule has 1 rings (SSSR count). The topological polar surface area (TPSA) is 63.2 Å². The van der Waals surface area contributed by atoms with Crippen molar-refractivity contribution < 1.29 is 14.4 Å². The van der Waals surface area contributed by atoms with Crippen LogP contribution in [0.25, 0.3) is 0 Å². The summed E-state index contributed by atoms with van der Waals surface area (Å²) in [6.45, 7) is 3.42. The molecule has 1 N–H and O–H groups in total. The van der Waals surface area contributed by atoms with Gasteiger partial charge < -0.3 is 14.9 Å². The Balaban J connectivity index is 2.34. The second-order valence-corrected chi connectivity index (χ2v) is 6.13. The van der Waals surface area contributed by atoms with Crippen LogP contribution in [0, 0.1) is 11.8 Å². The first-order chi connectivity index (χ1) is 9.52. The van der Waals surface area contributed by atoms with Crippen LogP contribution in [-0.4, -0.2) is 24.0 Å². The monoisotopic (exact) mass is 281 g/mol. The van der Waals surface area contributed by atoms with Gasteiger partial charge in [0.1, 0.15) is 12.1 Å². The van der Waals surface area contributed by atoms with Crippen molar-refractivity contribution in [2.75, 3.05) is 0 Å². The molecule has 0 bridgehead atoms. The number of aldehydes is 1. The third-order valence-electron chi connectivity index (χ3n) is 4.16. The number of hydrogen-bond acceptors (Lipinski definition) is 3. The maximum atomic E-state index is 12.1. The highest BCUT2D eigenvalue weighted by atomic mass is 16.2. The van der Waals surface area contributed by atoms with E-state index in [9.17, 15) is 14.4 Å². The van der Waals surface area contributed by atoms with Gasteiger partial charge in [-0.25, -0.2) is 0 Å². The molecule has 1 aliphatic carbocycles. The first kappa shape index (κ1) is 16.9. The van der Waals surface area contributed by atoms with Gasteiger partial charge in [0.25, 0.3) is 0 Å². The number of carbonyl (C=O) groups excluding carboxylic acids is 3. The van der Waals surface area contributed by atoms with Crippen molar-refractivity contribution in [2.24, 2.45) is 11.8 Å². The van der Waals surface area contributed by atoms with E-state index in [0.717, 1.165) is 12.7 Å². The zero-order chi connectivity index (χ0) is 15.0. The summed E-state index contributed by atoms with van der Waals surface area (Å²) >= 11 is 0. The van der Waals surface area contributed by atoms with Crippen LogP contribution in [0.5, 0.6) is 0 Å². The minimum atomic E-state index is -0.528. The van der Waals surface area contributed by atoms with Gasteiger partial charge in [0.2, 0.25) is 5.91 Å². The molecule has 0 spiro atoms. The number of amides is 1. The van der Waals surface area contributed by atoms with Crippen molar-refractivity contribution >= 4 is 18.0 Å². The lowest BCUT2D eigenvalue weighted by atomic mass is 9.83. The van der Waals surface area contributed by atoms with E-state index < -0.39 is 6.04 Å². The quantitative estimate of drug-likeness (QED) is 0.696. The molecule has 0 aromatic heterocycles. The van der Waals surface area contributed by atoms with E-state index in [-0.39, 0.29) is 17.6 Å². The Kier molecular flexibility index (Phi) is 7.48. The third kappa shape index (κ3) is 6.31. The molecule has 2 atom stereocenters. The van der Waals surface area contributed by atoms with Gasteiger partial charge in [0, 0.05) is 12.3 Å². The average molecular weight is 281 g/mol. The van der Waals surface area contributed by atoms with E-state index in [1.807, 2.05) is 6.92 Å². The Labute approximate surface area is 121 Å². The predicted molar refractivity (Wildman–Crippen MR) is 78.3 cm³/mol. The van der Waals surface area contributed by atoms with Crippen LogP contribution in [0.2, 0.25) is 0 Å². The van der Waals surface area contributed by atoms with Gasteiger partial charge in [0.05, 0.1) is 6.04 Å². The molecule has 0 aliphatic heterocycles. The molecule has 0 heterocycles. The summed E-state index contributed by atoms with van der Waals surface area (Å²) in [7, 11) is 0. The number of Topliss-reactive ketones (excluding diaryl/α,β-unsaturated/α-hetero) is 1. The average Bonchev–Trinajstić information content (AvgIpc) is 2.44. The smallest absolute Gasteiger partial charge is 0.223 e. The van der Waals surface area contributed by atoms with Crippen molar-refractivity contribution in [1.82, 2.24) is 5.32 Å². The third-order valence-corrected chi connectivity index (χ3v) is 4.16. The molecule has 0 aromatic carbocycles. The molecular formula is C16H27NO3. The Hall–Kier alpha value is -1.19. The van der Waals surface area contributed by atoms with Gasteiger partial charge in [-0.15, -0.1) is 0 Å². The molecule has 0 aromatic rings. The number of carbonyl (C=O) groups is 3. The van der Waals surface area contributed by atoms with Crippen molar-refractivity contribution in [3.63, 3.8) is 0 Å². The lowest BCUT2D eigenvalue weighted by Gasteiger charge is -2.24. The normalized spacial score (nSPS) is 19.1. The molecule has 4 heteroatoms. The molecule has 1 fully saturated rings. The van der Waals surface area contributed by atoms with Crippen molar-refractivity contribution in [3.8, 4) is 0 Å². The maximum Gasteiger partial charge on any atom is 0.223 e. The first-order valence-corrected chi connectivity index (χ1v) is 7.78. The van der Waals surface area contributed by atoms with Crippen LogP contribution in [0.4, 0.5) is 0 Å². The van der Waals surface area contributed by atoms with E-state index in [1.165, 1.54) is 39.0 Å². The highest BCUT2D eigenvalue weighted by molar-refractivity contribution is 5.82. The summed E-state index contributed by atoms with van der Waals surface area (Å²) in [5, 5.41) is 2.75. The fraction of sp³-hybridized carbons (Fsp3) is 0.812. The number of rotatable bonds is 8. The molecule has 114 valence electrons. The van der Waals surface area contributed by atoms with Crippen LogP contribution >= 0.6 is 0 Å². The van der Waals surface area contributed by atoms with E-state index >= 15 is 0 Å². The summed E-state index contributed by atoms with van der Waals surface area (Å²) in [6, 6.07) is -0.528. The molecular weight excluding hydrogens is 254 g/mol. The van der Waals surface area contributed by atoms with Gasteiger partial charge in [-0.2, -0.15) is 0 Å². The van der Waals surface area contributed by atoms with Gasteiger partial charge in [-0.3, -0.25) is 4.79 Å². The minimum Gasteiger partial charge on any atom is -0.346 e. The number of ketones is 1. The summed E-state index contributed by atoms with van der Waals surface area (Å²) in [6.07, 6.45) is 8.68. The standard InChI is InChI=1S/C16H27NO3/c1-12(10-14-6-4-3-5-7-14)16(20)17-15(11-18)9-8-13(2)19/h11-12,14-15H,3-10H2,1-2H3,(H,17,20)/t12-,15-/m0/s1. The van der Waals surface area contributed by atoms with Crippen LogP contribution < -0.4 is 5.32 Å². The zero-order valence-electron chi connectivity index (χ0n) is 12.7. The van der Waals surface area contributed by atoms with E-state index in [0.29, 0.717) is 18.8 Å². The Morgan fingerprint density at radius 1 is 1.25 bits per heavy atom. The van der Waals surface area contributed by atoms with Gasteiger partial charge in [0.15, 0.2) is 0 Å². The highest BCUT2D eigenvalue weighted by Crippen LogP contribution is 2.29. The second-order valence-electron chi connectivity index (χ2n) is 6.13. The molecule has 4 nitrogen and oxygen atoms in total. The highest BCUT2D eigenvalue weighted by Gasteiger charge is 2.22. The number of hydrogen-bond donors (Lipinski definition) is 1. The predicted octanol–water partition coefficient (Wildman–Crippen LogP) is 2.65. The van der Waals surface area contributed by atoms with Crippen LogP contribution in [0.15, 0.2) is 0 Å². The molecule has 0 radical (unpaired) electrons. The van der Waals surface area contributed by atoms with E-state index in [4.69, 9.17) is 0 Å². The van der Waals surface area contributed by atoms with Gasteiger partial charge >= 0.3 is 0 Å². The van der Waals surface area contributed by atoms with E-state index in [1.54, 1.807) is 0 Å². The van der Waals surface area contributed by atoms with Crippen molar-refractivity contribution in [3.05, 3.63) is 0 Å². The van der Waals surface area contributed by atoms with E-state index in [2.05, 4.69) is 5.32 Å². The van der Waals surface area contributed by atoms with Crippen molar-refractivity contribution in [1.29, 1.82) is 0 Å². The van der Waals surface area contributed by atoms with Crippen molar-refractivity contribution in [2.45, 2.75) is 71.3 Å². The maximum absolute atomic E-state index is 12.1. The Morgan fingerprint density at radius 3 is 2.45 bits per heavy atom. The first-order valence-electron chi connectivity index (χ1n) is 7.78. The molecule has 0 saturated heterocycles. The van der Waals surface area contributed by atoms with Crippen LogP contribution in [0.1, 0.15) is 65.2 Å². The lowest BCUT2D eigenvalue weighted by Crippen LogP contribution is -2.40. The molecule has 20 heavy (non-hydrogen) atoms. The summed E-state index contributed by atoms with van der Waals surface area (Å²) in [5.41, 5.74) is 0. The second kappa shape index (κ2) is 8.88. The summed E-state index contributed by atoms with van der Waals surface area (Å²) in [4.78, 5) is 33.9. The summed E-state index contributed by atoms with van der Waals surface area (Å²) < 4.78 is 0. The fourth-order valence-corrected chi connectivity index (χ4v) is 2.89. The molecule has 1 saturated carbocycles. The Bertz CT molecular complexity index is 335. The molecule has 1 amide bonds. The molecule has 0 unspecified atom stereocenters.